The molecule has 29 heavy (non-hydrogen) atoms. The summed E-state index contributed by atoms with van der Waals surface area (Å²) in [7, 11) is 0. The van der Waals surface area contributed by atoms with Crippen molar-refractivity contribution in [3.05, 3.63) is 63.9 Å². The van der Waals surface area contributed by atoms with Gasteiger partial charge in [-0.25, -0.2) is 9.18 Å². The van der Waals surface area contributed by atoms with Gasteiger partial charge in [-0.3, -0.25) is 4.79 Å². The van der Waals surface area contributed by atoms with Crippen molar-refractivity contribution in [1.82, 2.24) is 0 Å². The Labute approximate surface area is 163 Å². The van der Waals surface area contributed by atoms with E-state index in [4.69, 9.17) is 11.6 Å². The third kappa shape index (κ3) is 6.08. The van der Waals surface area contributed by atoms with Crippen LogP contribution in [0, 0.1) is 5.82 Å². The molecule has 0 aromatic heterocycles. The van der Waals surface area contributed by atoms with Crippen LogP contribution in [-0.2, 0) is 21.9 Å². The highest BCUT2D eigenvalue weighted by Crippen LogP contribution is 2.36. The Morgan fingerprint density at radius 2 is 1.48 bits per heavy atom. The predicted octanol–water partition coefficient (Wildman–Crippen LogP) is 5.31. The summed E-state index contributed by atoms with van der Waals surface area (Å²) in [5.74, 6) is -3.28. The van der Waals surface area contributed by atoms with Crippen molar-refractivity contribution in [3.8, 4) is 0 Å². The van der Waals surface area contributed by atoms with Crippen LogP contribution in [0.25, 0.3) is 0 Å². The summed E-state index contributed by atoms with van der Waals surface area (Å²) in [6, 6.07) is 3.14. The largest absolute Gasteiger partial charge is 0.452 e. The SMILES string of the molecule is O=C(COC(=O)c1cc(C(F)(F)F)cc(C(F)(F)F)c1)Nc1ccc(F)cc1Cl. The number of amides is 1. The molecule has 2 aromatic carbocycles. The highest BCUT2D eigenvalue weighted by molar-refractivity contribution is 6.33. The Balaban J connectivity index is 2.14. The first kappa shape index (κ1) is 22.5. The van der Waals surface area contributed by atoms with Crippen LogP contribution in [0.2, 0.25) is 5.02 Å². The molecule has 4 nitrogen and oxygen atoms in total. The van der Waals surface area contributed by atoms with E-state index < -0.39 is 53.3 Å². The zero-order chi connectivity index (χ0) is 22.0. The fraction of sp³-hybridized carbons (Fsp3) is 0.176. The molecular formula is C17H9ClF7NO3. The Hall–Kier alpha value is -2.82. The van der Waals surface area contributed by atoms with Gasteiger partial charge >= 0.3 is 18.3 Å². The van der Waals surface area contributed by atoms with E-state index in [9.17, 15) is 40.3 Å². The Kier molecular flexibility index (Phi) is 6.41. The minimum atomic E-state index is -5.15. The van der Waals surface area contributed by atoms with E-state index in [-0.39, 0.29) is 28.9 Å². The lowest BCUT2D eigenvalue weighted by Gasteiger charge is -2.14. The molecule has 0 radical (unpaired) electrons. The van der Waals surface area contributed by atoms with Crippen molar-refractivity contribution in [1.29, 1.82) is 0 Å². The third-order valence-electron chi connectivity index (χ3n) is 3.36. The standard InChI is InChI=1S/C17H9ClF7NO3/c18-12-6-11(19)1-2-13(12)26-14(27)7-29-15(28)8-3-9(16(20,21)22)5-10(4-8)17(23,24)25/h1-6H,7H2,(H,26,27). The van der Waals surface area contributed by atoms with Crippen molar-refractivity contribution < 1.29 is 45.1 Å². The van der Waals surface area contributed by atoms with Crippen LogP contribution in [0.5, 0.6) is 0 Å². The zero-order valence-corrected chi connectivity index (χ0v) is 14.7. The Bertz CT molecular complexity index is 909. The molecule has 0 aliphatic carbocycles. The molecule has 156 valence electrons. The number of rotatable bonds is 4. The second-order valence-corrected chi connectivity index (χ2v) is 5.95. The molecule has 0 unspecified atom stereocenters. The number of halogens is 8. The lowest BCUT2D eigenvalue weighted by molar-refractivity contribution is -0.143. The number of carbonyl (C=O) groups excluding carboxylic acids is 2. The van der Waals surface area contributed by atoms with Gasteiger partial charge < -0.3 is 10.1 Å². The van der Waals surface area contributed by atoms with Crippen molar-refractivity contribution in [2.75, 3.05) is 11.9 Å². The summed E-state index contributed by atoms with van der Waals surface area (Å²) in [6.45, 7) is -1.04. The fourth-order valence-electron chi connectivity index (χ4n) is 2.06. The Morgan fingerprint density at radius 3 is 1.97 bits per heavy atom. The van der Waals surface area contributed by atoms with Crippen LogP contribution in [0.1, 0.15) is 21.5 Å². The van der Waals surface area contributed by atoms with Crippen molar-refractivity contribution in [3.63, 3.8) is 0 Å². The highest BCUT2D eigenvalue weighted by Gasteiger charge is 2.37. The van der Waals surface area contributed by atoms with Crippen LogP contribution < -0.4 is 5.32 Å². The van der Waals surface area contributed by atoms with Gasteiger partial charge in [0, 0.05) is 0 Å². The van der Waals surface area contributed by atoms with Crippen molar-refractivity contribution >= 4 is 29.2 Å². The van der Waals surface area contributed by atoms with Crippen LogP contribution in [0.15, 0.2) is 36.4 Å². The maximum atomic E-state index is 12.9. The number of hydrogen-bond acceptors (Lipinski definition) is 3. The van der Waals surface area contributed by atoms with E-state index in [0.29, 0.717) is 0 Å². The van der Waals surface area contributed by atoms with Gasteiger partial charge in [-0.2, -0.15) is 26.3 Å². The molecule has 0 saturated heterocycles. The average Bonchev–Trinajstić information content (AvgIpc) is 2.60. The van der Waals surface area contributed by atoms with Gasteiger partial charge in [-0.1, -0.05) is 11.6 Å². The number of benzene rings is 2. The van der Waals surface area contributed by atoms with Crippen LogP contribution in [0.4, 0.5) is 36.4 Å². The smallest absolute Gasteiger partial charge is 0.416 e. The molecule has 0 aliphatic heterocycles. The molecule has 1 N–H and O–H groups in total. The molecule has 1 amide bonds. The molecular weight excluding hydrogens is 435 g/mol. The van der Waals surface area contributed by atoms with Gasteiger partial charge in [0.15, 0.2) is 6.61 Å². The molecule has 0 aliphatic rings. The Morgan fingerprint density at radius 1 is 0.931 bits per heavy atom. The molecule has 0 spiro atoms. The van der Waals surface area contributed by atoms with Gasteiger partial charge in [0.1, 0.15) is 5.82 Å². The molecule has 12 heteroatoms. The quantitative estimate of drug-likeness (QED) is 0.514. The normalized spacial score (nSPS) is 11.9. The predicted molar refractivity (Wildman–Crippen MR) is 86.8 cm³/mol. The minimum Gasteiger partial charge on any atom is -0.452 e. The van der Waals surface area contributed by atoms with Gasteiger partial charge in [0.25, 0.3) is 5.91 Å². The number of alkyl halides is 6. The second kappa shape index (κ2) is 8.27. The van der Waals surface area contributed by atoms with Crippen molar-refractivity contribution in [2.45, 2.75) is 12.4 Å². The van der Waals surface area contributed by atoms with Crippen molar-refractivity contribution in [2.24, 2.45) is 0 Å². The van der Waals surface area contributed by atoms with Crippen LogP contribution in [0.3, 0.4) is 0 Å². The summed E-state index contributed by atoms with van der Waals surface area (Å²) >= 11 is 5.68. The molecule has 0 saturated carbocycles. The zero-order valence-electron chi connectivity index (χ0n) is 13.9. The summed E-state index contributed by atoms with van der Waals surface area (Å²) < 4.78 is 94.2. The fourth-order valence-corrected chi connectivity index (χ4v) is 2.28. The number of hydrogen-bond donors (Lipinski definition) is 1. The molecule has 0 atom stereocenters. The van der Waals surface area contributed by atoms with E-state index >= 15 is 0 Å². The first-order valence-corrected chi connectivity index (χ1v) is 7.86. The van der Waals surface area contributed by atoms with Crippen LogP contribution >= 0.6 is 11.6 Å². The first-order chi connectivity index (χ1) is 13.3. The summed E-state index contributed by atoms with van der Waals surface area (Å²) in [5, 5.41) is 1.96. The van der Waals surface area contributed by atoms with Gasteiger partial charge in [0.05, 0.1) is 27.4 Å². The number of carbonyl (C=O) groups is 2. The molecule has 0 heterocycles. The maximum Gasteiger partial charge on any atom is 0.416 e. The van der Waals surface area contributed by atoms with E-state index in [0.717, 1.165) is 18.2 Å². The topological polar surface area (TPSA) is 55.4 Å². The van der Waals surface area contributed by atoms with E-state index in [1.54, 1.807) is 0 Å². The van der Waals surface area contributed by atoms with E-state index in [1.807, 2.05) is 0 Å². The van der Waals surface area contributed by atoms with Gasteiger partial charge in [-0.15, -0.1) is 0 Å². The molecule has 0 fully saturated rings. The van der Waals surface area contributed by atoms with Crippen LogP contribution in [-0.4, -0.2) is 18.5 Å². The monoisotopic (exact) mass is 443 g/mol. The summed E-state index contributed by atoms with van der Waals surface area (Å²) in [5.41, 5.74) is -4.50. The second-order valence-electron chi connectivity index (χ2n) is 5.54. The number of nitrogens with one attached hydrogen (secondary N) is 1. The summed E-state index contributed by atoms with van der Waals surface area (Å²) in [4.78, 5) is 23.6. The number of anilines is 1. The van der Waals surface area contributed by atoms with E-state index in [1.165, 1.54) is 0 Å². The highest BCUT2D eigenvalue weighted by atomic mass is 35.5. The molecule has 2 aromatic rings. The van der Waals surface area contributed by atoms with Gasteiger partial charge in [0.2, 0.25) is 0 Å². The lowest BCUT2D eigenvalue weighted by atomic mass is 10.0. The number of ether oxygens (including phenoxy) is 1. The minimum absolute atomic E-state index is 0.0486. The third-order valence-corrected chi connectivity index (χ3v) is 3.68. The maximum absolute atomic E-state index is 12.9. The van der Waals surface area contributed by atoms with Gasteiger partial charge in [-0.05, 0) is 36.4 Å². The lowest BCUT2D eigenvalue weighted by Crippen LogP contribution is -2.22. The summed E-state index contributed by atoms with van der Waals surface area (Å²) in [6.07, 6.45) is -10.3. The molecule has 2 rings (SSSR count). The van der Waals surface area contributed by atoms with E-state index in [2.05, 4.69) is 10.1 Å². The first-order valence-electron chi connectivity index (χ1n) is 7.49. The molecule has 0 bridgehead atoms. The number of esters is 1. The average molecular weight is 444 g/mol.